The van der Waals surface area contributed by atoms with Gasteiger partial charge in [0.1, 0.15) is 6.04 Å². The van der Waals surface area contributed by atoms with Gasteiger partial charge in [-0.25, -0.2) is 0 Å². The highest BCUT2D eigenvalue weighted by molar-refractivity contribution is 7.10. The van der Waals surface area contributed by atoms with E-state index in [-0.39, 0.29) is 24.3 Å². The van der Waals surface area contributed by atoms with E-state index in [1.165, 1.54) is 22.8 Å². The number of amides is 2. The van der Waals surface area contributed by atoms with Crippen LogP contribution in [0.25, 0.3) is 0 Å². The van der Waals surface area contributed by atoms with Crippen LogP contribution < -0.4 is 16.2 Å². The number of carbonyl (C=O) groups is 2. The van der Waals surface area contributed by atoms with Crippen LogP contribution in [0.2, 0.25) is 0 Å². The lowest BCUT2D eigenvalue weighted by molar-refractivity contribution is -0.676. The molecule has 0 bridgehead atoms. The van der Waals surface area contributed by atoms with E-state index in [4.69, 9.17) is 4.42 Å². The summed E-state index contributed by atoms with van der Waals surface area (Å²) in [7, 11) is 0. The standard InChI is InChI=1S/C20H21N3O3S/c1-2-14-7-9-15(10-8-14)19(17-6-4-12-27-17)21-13-18(24)22-23-20(25)16-5-3-11-26-16/h3-12,19,21H,2,13H2,1H3,(H,22,24)(H,23,25)/p+1/t19-/m1/s1. The highest BCUT2D eigenvalue weighted by Gasteiger charge is 2.20. The minimum atomic E-state index is -0.488. The molecule has 0 aliphatic rings. The highest BCUT2D eigenvalue weighted by atomic mass is 32.1. The van der Waals surface area contributed by atoms with Crippen LogP contribution in [0.4, 0.5) is 0 Å². The molecule has 1 atom stereocenters. The second-order valence-electron chi connectivity index (χ2n) is 6.01. The summed E-state index contributed by atoms with van der Waals surface area (Å²) >= 11 is 1.66. The SMILES string of the molecule is CCc1ccc([C@@H]([NH2+]CC(=O)NNC(=O)c2ccco2)c2cccs2)cc1. The van der Waals surface area contributed by atoms with Gasteiger partial charge in [-0.2, -0.15) is 0 Å². The summed E-state index contributed by atoms with van der Waals surface area (Å²) in [6, 6.07) is 15.7. The van der Waals surface area contributed by atoms with E-state index in [9.17, 15) is 9.59 Å². The first-order chi connectivity index (χ1) is 13.2. The second-order valence-corrected chi connectivity index (χ2v) is 6.99. The zero-order chi connectivity index (χ0) is 19.1. The number of aryl methyl sites for hydroxylation is 1. The van der Waals surface area contributed by atoms with Gasteiger partial charge in [0.15, 0.2) is 12.3 Å². The van der Waals surface area contributed by atoms with Gasteiger partial charge in [-0.15, -0.1) is 11.3 Å². The van der Waals surface area contributed by atoms with Crippen LogP contribution in [0, 0.1) is 0 Å². The van der Waals surface area contributed by atoms with Crippen LogP contribution >= 0.6 is 11.3 Å². The Balaban J connectivity index is 1.59. The number of quaternary nitrogens is 1. The third-order valence-electron chi connectivity index (χ3n) is 4.20. The minimum Gasteiger partial charge on any atom is -0.459 e. The third kappa shape index (κ3) is 5.06. The van der Waals surface area contributed by atoms with Gasteiger partial charge in [-0.05, 0) is 35.6 Å². The fraction of sp³-hybridized carbons (Fsp3) is 0.200. The van der Waals surface area contributed by atoms with Gasteiger partial charge in [0, 0.05) is 5.56 Å². The van der Waals surface area contributed by atoms with Gasteiger partial charge in [-0.1, -0.05) is 37.3 Å². The van der Waals surface area contributed by atoms with Crippen molar-refractivity contribution >= 4 is 23.2 Å². The fourth-order valence-electron chi connectivity index (χ4n) is 2.72. The number of nitrogens with one attached hydrogen (secondary N) is 2. The van der Waals surface area contributed by atoms with Gasteiger partial charge in [0.05, 0.1) is 11.1 Å². The quantitative estimate of drug-likeness (QED) is 0.545. The maximum absolute atomic E-state index is 12.1. The first-order valence-corrected chi connectivity index (χ1v) is 9.63. The minimum absolute atomic E-state index is 0.0300. The number of hydrogen-bond acceptors (Lipinski definition) is 4. The van der Waals surface area contributed by atoms with E-state index in [1.807, 2.05) is 16.8 Å². The van der Waals surface area contributed by atoms with Crippen molar-refractivity contribution in [1.29, 1.82) is 0 Å². The first-order valence-electron chi connectivity index (χ1n) is 8.75. The smallest absolute Gasteiger partial charge is 0.305 e. The number of benzene rings is 1. The van der Waals surface area contributed by atoms with E-state index in [2.05, 4.69) is 48.1 Å². The van der Waals surface area contributed by atoms with Gasteiger partial charge < -0.3 is 9.73 Å². The lowest BCUT2D eigenvalue weighted by Gasteiger charge is -2.15. The number of thiophene rings is 1. The van der Waals surface area contributed by atoms with Crippen molar-refractivity contribution in [3.05, 3.63) is 81.9 Å². The maximum atomic E-state index is 12.1. The Morgan fingerprint density at radius 1 is 1.11 bits per heavy atom. The van der Waals surface area contributed by atoms with Crippen molar-refractivity contribution in [3.63, 3.8) is 0 Å². The molecular formula is C20H22N3O3S+. The summed E-state index contributed by atoms with van der Waals surface area (Å²) in [6.45, 7) is 2.30. The van der Waals surface area contributed by atoms with Crippen molar-refractivity contribution in [2.75, 3.05) is 6.54 Å². The van der Waals surface area contributed by atoms with Crippen LogP contribution in [0.5, 0.6) is 0 Å². The van der Waals surface area contributed by atoms with Gasteiger partial charge in [0.2, 0.25) is 0 Å². The molecule has 140 valence electrons. The molecule has 0 radical (unpaired) electrons. The summed E-state index contributed by atoms with van der Waals surface area (Å²) in [6.07, 6.45) is 2.39. The number of hydrazine groups is 1. The zero-order valence-corrected chi connectivity index (χ0v) is 15.8. The molecule has 0 saturated carbocycles. The van der Waals surface area contributed by atoms with Gasteiger partial charge in [0.25, 0.3) is 5.91 Å². The number of carbonyl (C=O) groups excluding carboxylic acids is 2. The molecule has 2 heterocycles. The number of nitrogens with two attached hydrogens (primary N) is 1. The second kappa shape index (κ2) is 9.16. The monoisotopic (exact) mass is 384 g/mol. The van der Waals surface area contributed by atoms with Gasteiger partial charge >= 0.3 is 5.91 Å². The van der Waals surface area contributed by atoms with E-state index in [0.717, 1.165) is 12.0 Å². The Hall–Kier alpha value is -2.90. The van der Waals surface area contributed by atoms with Crippen molar-refractivity contribution < 1.29 is 19.3 Å². The fourth-order valence-corrected chi connectivity index (χ4v) is 3.57. The Kier molecular flexibility index (Phi) is 6.40. The van der Waals surface area contributed by atoms with Crippen LogP contribution in [0.3, 0.4) is 0 Å². The highest BCUT2D eigenvalue weighted by Crippen LogP contribution is 2.23. The molecule has 0 aliphatic heterocycles. The number of furan rings is 1. The normalized spacial score (nSPS) is 11.7. The molecule has 7 heteroatoms. The molecule has 3 aromatic rings. The molecule has 0 aliphatic carbocycles. The van der Waals surface area contributed by atoms with Crippen LogP contribution in [0.1, 0.15) is 39.5 Å². The third-order valence-corrected chi connectivity index (χ3v) is 5.15. The van der Waals surface area contributed by atoms with Gasteiger partial charge in [-0.3, -0.25) is 20.4 Å². The average Bonchev–Trinajstić information content (AvgIpc) is 3.41. The molecule has 0 fully saturated rings. The Morgan fingerprint density at radius 3 is 2.56 bits per heavy atom. The molecule has 0 saturated heterocycles. The van der Waals surface area contributed by atoms with E-state index < -0.39 is 5.91 Å². The first kappa shape index (κ1) is 18.9. The lowest BCUT2D eigenvalue weighted by Crippen LogP contribution is -2.88. The lowest BCUT2D eigenvalue weighted by atomic mass is 10.0. The van der Waals surface area contributed by atoms with E-state index in [0.29, 0.717) is 0 Å². The van der Waals surface area contributed by atoms with Crippen molar-refractivity contribution in [2.24, 2.45) is 0 Å². The van der Waals surface area contributed by atoms with Crippen LogP contribution in [-0.4, -0.2) is 18.4 Å². The zero-order valence-electron chi connectivity index (χ0n) is 15.0. The van der Waals surface area contributed by atoms with Crippen LogP contribution in [-0.2, 0) is 11.2 Å². The van der Waals surface area contributed by atoms with E-state index >= 15 is 0 Å². The Bertz CT molecular complexity index is 859. The molecule has 3 rings (SSSR count). The number of rotatable bonds is 7. The predicted octanol–water partition coefficient (Wildman–Crippen LogP) is 2.02. The summed E-state index contributed by atoms with van der Waals surface area (Å²) in [4.78, 5) is 25.1. The Morgan fingerprint density at radius 2 is 1.93 bits per heavy atom. The summed E-state index contributed by atoms with van der Waals surface area (Å²) < 4.78 is 4.98. The van der Waals surface area contributed by atoms with Crippen molar-refractivity contribution in [3.8, 4) is 0 Å². The predicted molar refractivity (Wildman–Crippen MR) is 103 cm³/mol. The average molecular weight is 384 g/mol. The molecule has 6 nitrogen and oxygen atoms in total. The van der Waals surface area contributed by atoms with Crippen molar-refractivity contribution in [1.82, 2.24) is 10.9 Å². The van der Waals surface area contributed by atoms with E-state index in [1.54, 1.807) is 17.4 Å². The topological polar surface area (TPSA) is 88.0 Å². The summed E-state index contributed by atoms with van der Waals surface area (Å²) in [5.41, 5.74) is 7.18. The molecule has 4 N–H and O–H groups in total. The molecular weight excluding hydrogens is 362 g/mol. The molecule has 0 spiro atoms. The molecule has 2 aromatic heterocycles. The Labute approximate surface area is 161 Å². The van der Waals surface area contributed by atoms with Crippen molar-refractivity contribution in [2.45, 2.75) is 19.4 Å². The summed E-state index contributed by atoms with van der Waals surface area (Å²) in [5, 5.41) is 3.99. The number of hydrogen-bond donors (Lipinski definition) is 3. The molecule has 0 unspecified atom stereocenters. The molecule has 2 amide bonds. The maximum Gasteiger partial charge on any atom is 0.305 e. The van der Waals surface area contributed by atoms with Crippen LogP contribution in [0.15, 0.2) is 64.6 Å². The molecule has 27 heavy (non-hydrogen) atoms. The largest absolute Gasteiger partial charge is 0.459 e. The molecule has 1 aromatic carbocycles. The summed E-state index contributed by atoms with van der Waals surface area (Å²) in [5.74, 6) is -0.633.